The van der Waals surface area contributed by atoms with E-state index in [-0.39, 0.29) is 23.8 Å². The number of nitrogen functional groups attached to an aromatic ring is 1. The van der Waals surface area contributed by atoms with Gasteiger partial charge >= 0.3 is 0 Å². The van der Waals surface area contributed by atoms with Gasteiger partial charge in [-0.15, -0.1) is 0 Å². The zero-order valence-corrected chi connectivity index (χ0v) is 12.5. The number of aromatic nitrogens is 1. The Morgan fingerprint density at radius 3 is 2.55 bits per heavy atom. The molecule has 0 spiro atoms. The van der Waals surface area contributed by atoms with Crippen LogP contribution in [0.25, 0.3) is 11.1 Å². The smallest absolute Gasteiger partial charge is 0.242 e. The summed E-state index contributed by atoms with van der Waals surface area (Å²) < 4.78 is 24.9. The summed E-state index contributed by atoms with van der Waals surface area (Å²) in [6, 6.07) is 8.52. The minimum absolute atomic E-state index is 0.115. The average Bonchev–Trinajstić information content (AvgIpc) is 2.46. The quantitative estimate of drug-likeness (QED) is 0.850. The normalized spacial score (nSPS) is 11.2. The third-order valence-corrected chi connectivity index (χ3v) is 3.33. The highest BCUT2D eigenvalue weighted by atomic mass is 19.3. The van der Waals surface area contributed by atoms with Crippen LogP contribution >= 0.6 is 0 Å². The van der Waals surface area contributed by atoms with Gasteiger partial charge in [0.2, 0.25) is 6.43 Å². The lowest BCUT2D eigenvalue weighted by Crippen LogP contribution is -2.12. The van der Waals surface area contributed by atoms with Crippen molar-refractivity contribution in [3.8, 4) is 11.1 Å². The molecule has 0 atom stereocenters. The molecule has 0 radical (unpaired) electrons. The lowest BCUT2D eigenvalue weighted by atomic mass is 10.00. The molecule has 5 heteroatoms. The minimum atomic E-state index is -2.38. The summed E-state index contributed by atoms with van der Waals surface area (Å²) in [6.45, 7) is 3.57. The standard InChI is InChI=1S/C17H18F2N2O/c1-10(2)17(22)16-14(20)8-13(9-21-16)12-5-3-4-11(6-12)7-15(18)19/h3-6,8-10,15H,7,20H2,1-2H3. The number of carbonyl (C=O) groups excluding carboxylic acids is 1. The summed E-state index contributed by atoms with van der Waals surface area (Å²) >= 11 is 0. The van der Waals surface area contributed by atoms with E-state index >= 15 is 0 Å². The van der Waals surface area contributed by atoms with Gasteiger partial charge < -0.3 is 5.73 Å². The van der Waals surface area contributed by atoms with E-state index in [1.165, 1.54) is 0 Å². The molecule has 1 aromatic carbocycles. The van der Waals surface area contributed by atoms with Crippen molar-refractivity contribution in [2.45, 2.75) is 26.7 Å². The van der Waals surface area contributed by atoms with Crippen LogP contribution in [0.2, 0.25) is 0 Å². The number of ketones is 1. The highest BCUT2D eigenvalue weighted by molar-refractivity contribution is 6.00. The molecule has 0 aliphatic carbocycles. The van der Waals surface area contributed by atoms with Gasteiger partial charge in [0, 0.05) is 24.1 Å². The van der Waals surface area contributed by atoms with Crippen LogP contribution in [-0.2, 0) is 6.42 Å². The Morgan fingerprint density at radius 1 is 1.23 bits per heavy atom. The number of anilines is 1. The summed E-state index contributed by atoms with van der Waals surface area (Å²) in [7, 11) is 0. The lowest BCUT2D eigenvalue weighted by Gasteiger charge is -2.10. The Labute approximate surface area is 128 Å². The molecule has 2 rings (SSSR count). The number of hydrogen-bond acceptors (Lipinski definition) is 3. The molecular weight excluding hydrogens is 286 g/mol. The van der Waals surface area contributed by atoms with Crippen LogP contribution in [0.15, 0.2) is 36.5 Å². The predicted molar refractivity (Wildman–Crippen MR) is 83.0 cm³/mol. The molecule has 0 aliphatic heterocycles. The van der Waals surface area contributed by atoms with E-state index in [4.69, 9.17) is 5.73 Å². The fourth-order valence-electron chi connectivity index (χ4n) is 2.18. The number of halogens is 2. The molecule has 2 N–H and O–H groups in total. The van der Waals surface area contributed by atoms with Gasteiger partial charge in [0.1, 0.15) is 5.69 Å². The topological polar surface area (TPSA) is 56.0 Å². The SMILES string of the molecule is CC(C)C(=O)c1ncc(-c2cccc(CC(F)F)c2)cc1N. The van der Waals surface area contributed by atoms with Gasteiger partial charge in [-0.2, -0.15) is 0 Å². The molecule has 1 aromatic heterocycles. The van der Waals surface area contributed by atoms with Crippen molar-refractivity contribution in [1.29, 1.82) is 0 Å². The number of pyridine rings is 1. The van der Waals surface area contributed by atoms with Crippen molar-refractivity contribution in [3.63, 3.8) is 0 Å². The van der Waals surface area contributed by atoms with Gasteiger partial charge in [0.15, 0.2) is 5.78 Å². The molecule has 0 amide bonds. The number of alkyl halides is 2. The first-order valence-corrected chi connectivity index (χ1v) is 7.05. The van der Waals surface area contributed by atoms with Crippen molar-refractivity contribution in [1.82, 2.24) is 4.98 Å². The maximum atomic E-state index is 12.5. The zero-order chi connectivity index (χ0) is 16.3. The molecule has 0 fully saturated rings. The molecule has 0 aliphatic rings. The van der Waals surface area contributed by atoms with Gasteiger partial charge in [-0.05, 0) is 17.2 Å². The zero-order valence-electron chi connectivity index (χ0n) is 12.5. The minimum Gasteiger partial charge on any atom is -0.397 e. The van der Waals surface area contributed by atoms with Crippen molar-refractivity contribution < 1.29 is 13.6 Å². The van der Waals surface area contributed by atoms with Crippen molar-refractivity contribution >= 4 is 11.5 Å². The number of nitrogens with two attached hydrogens (primary N) is 1. The van der Waals surface area contributed by atoms with Crippen LogP contribution in [0, 0.1) is 5.92 Å². The second-order valence-electron chi connectivity index (χ2n) is 5.48. The monoisotopic (exact) mass is 304 g/mol. The molecule has 0 saturated heterocycles. The number of hydrogen-bond donors (Lipinski definition) is 1. The summed E-state index contributed by atoms with van der Waals surface area (Å²) in [5.41, 5.74) is 8.47. The Hall–Kier alpha value is -2.30. The van der Waals surface area contributed by atoms with E-state index in [1.54, 1.807) is 50.4 Å². The molecular formula is C17H18F2N2O. The summed E-state index contributed by atoms with van der Waals surface area (Å²) in [5.74, 6) is -0.300. The van der Waals surface area contributed by atoms with Crippen LogP contribution in [0.3, 0.4) is 0 Å². The molecule has 0 bridgehead atoms. The van der Waals surface area contributed by atoms with Crippen LogP contribution in [-0.4, -0.2) is 17.2 Å². The third kappa shape index (κ3) is 3.67. The average molecular weight is 304 g/mol. The van der Waals surface area contributed by atoms with Crippen molar-refractivity contribution in [3.05, 3.63) is 47.8 Å². The largest absolute Gasteiger partial charge is 0.397 e. The first-order chi connectivity index (χ1) is 10.4. The predicted octanol–water partition coefficient (Wildman–Crippen LogP) is 3.98. The van der Waals surface area contributed by atoms with Crippen LogP contribution in [0.4, 0.5) is 14.5 Å². The van der Waals surface area contributed by atoms with Gasteiger partial charge in [-0.1, -0.05) is 38.1 Å². The first-order valence-electron chi connectivity index (χ1n) is 7.05. The van der Waals surface area contributed by atoms with E-state index in [1.807, 2.05) is 0 Å². The fourth-order valence-corrected chi connectivity index (χ4v) is 2.18. The fraction of sp³-hybridized carbons (Fsp3) is 0.294. The number of rotatable bonds is 5. The highest BCUT2D eigenvalue weighted by Gasteiger charge is 2.16. The van der Waals surface area contributed by atoms with Gasteiger partial charge in [-0.3, -0.25) is 9.78 Å². The molecule has 116 valence electrons. The van der Waals surface area contributed by atoms with E-state index in [0.29, 0.717) is 16.8 Å². The number of nitrogens with zero attached hydrogens (tertiary/aromatic N) is 1. The molecule has 22 heavy (non-hydrogen) atoms. The molecule has 1 heterocycles. The van der Waals surface area contributed by atoms with Gasteiger partial charge in [0.05, 0.1) is 5.69 Å². The van der Waals surface area contributed by atoms with Crippen molar-refractivity contribution in [2.24, 2.45) is 5.92 Å². The highest BCUT2D eigenvalue weighted by Crippen LogP contribution is 2.25. The lowest BCUT2D eigenvalue weighted by molar-refractivity contribution is 0.0935. The molecule has 2 aromatic rings. The second-order valence-corrected chi connectivity index (χ2v) is 5.48. The summed E-state index contributed by atoms with van der Waals surface area (Å²) in [4.78, 5) is 16.1. The van der Waals surface area contributed by atoms with E-state index in [9.17, 15) is 13.6 Å². The first kappa shape index (κ1) is 16.1. The Morgan fingerprint density at radius 2 is 1.95 bits per heavy atom. The van der Waals surface area contributed by atoms with Gasteiger partial charge in [0.25, 0.3) is 0 Å². The Kier molecular flexibility index (Phi) is 4.85. The van der Waals surface area contributed by atoms with Crippen LogP contribution in [0.5, 0.6) is 0 Å². The maximum absolute atomic E-state index is 12.5. The maximum Gasteiger partial charge on any atom is 0.242 e. The number of benzene rings is 1. The van der Waals surface area contributed by atoms with E-state index in [0.717, 1.165) is 5.56 Å². The summed E-state index contributed by atoms with van der Waals surface area (Å²) in [5, 5.41) is 0. The van der Waals surface area contributed by atoms with Crippen molar-refractivity contribution in [2.75, 3.05) is 5.73 Å². The third-order valence-electron chi connectivity index (χ3n) is 3.33. The molecule has 0 unspecified atom stereocenters. The van der Waals surface area contributed by atoms with E-state index in [2.05, 4.69) is 4.98 Å². The Bertz CT molecular complexity index is 684. The number of carbonyl (C=O) groups is 1. The second kappa shape index (κ2) is 6.64. The number of Topliss-reactive ketones (excluding diaryl/α,β-unsaturated/α-hetero) is 1. The molecule has 0 saturated carbocycles. The Balaban J connectivity index is 2.34. The van der Waals surface area contributed by atoms with E-state index < -0.39 is 6.43 Å². The van der Waals surface area contributed by atoms with Gasteiger partial charge in [-0.25, -0.2) is 8.78 Å². The summed E-state index contributed by atoms with van der Waals surface area (Å²) in [6.07, 6.45) is -1.13. The van der Waals surface area contributed by atoms with Crippen LogP contribution in [0.1, 0.15) is 29.9 Å². The molecule has 3 nitrogen and oxygen atoms in total. The van der Waals surface area contributed by atoms with Crippen LogP contribution < -0.4 is 5.73 Å².